The lowest BCUT2D eigenvalue weighted by Crippen LogP contribution is -2.27. The molecule has 5 heteroatoms. The molecule has 22 heavy (non-hydrogen) atoms. The van der Waals surface area contributed by atoms with Gasteiger partial charge in [0.25, 0.3) is 0 Å². The summed E-state index contributed by atoms with van der Waals surface area (Å²) in [6, 6.07) is 3.90. The van der Waals surface area contributed by atoms with Crippen molar-refractivity contribution in [2.75, 3.05) is 25.7 Å². The minimum atomic E-state index is 0.149. The fourth-order valence-corrected chi connectivity index (χ4v) is 3.12. The summed E-state index contributed by atoms with van der Waals surface area (Å²) >= 11 is 0. The van der Waals surface area contributed by atoms with Crippen molar-refractivity contribution in [3.63, 3.8) is 0 Å². The van der Waals surface area contributed by atoms with E-state index in [1.165, 1.54) is 11.3 Å². The summed E-state index contributed by atoms with van der Waals surface area (Å²) in [4.78, 5) is 12.7. The van der Waals surface area contributed by atoms with E-state index in [9.17, 15) is 0 Å². The zero-order valence-corrected chi connectivity index (χ0v) is 12.8. The number of rotatable bonds is 2. The molecule has 2 aliphatic heterocycles. The fraction of sp³-hybridized carbons (Fsp3) is 0.353. The Morgan fingerprint density at radius 2 is 2.32 bits per heavy atom. The number of hydrogen-bond acceptors (Lipinski definition) is 5. The van der Waals surface area contributed by atoms with Gasteiger partial charge in [-0.15, -0.1) is 0 Å². The van der Waals surface area contributed by atoms with Gasteiger partial charge in [-0.2, -0.15) is 0 Å². The van der Waals surface area contributed by atoms with E-state index in [1.54, 1.807) is 6.20 Å². The second-order valence-electron chi connectivity index (χ2n) is 6.01. The highest BCUT2D eigenvalue weighted by atomic mass is 16.7. The fourth-order valence-electron chi connectivity index (χ4n) is 3.12. The maximum Gasteiger partial charge on any atom is 0.245 e. The number of fused-ring (bicyclic) bond motifs is 4. The van der Waals surface area contributed by atoms with Crippen LogP contribution in [0.4, 0.5) is 5.69 Å². The number of nitrogens with zero attached hydrogens (tertiary/aromatic N) is 3. The molecule has 1 aliphatic carbocycles. The summed E-state index contributed by atoms with van der Waals surface area (Å²) < 4.78 is 6.02. The minimum Gasteiger partial charge on any atom is -0.437 e. The van der Waals surface area contributed by atoms with Gasteiger partial charge in [0.15, 0.2) is 0 Å². The average Bonchev–Trinajstić information content (AvgIpc) is 2.85. The number of anilines is 1. The van der Waals surface area contributed by atoms with Gasteiger partial charge in [-0.3, -0.25) is 4.84 Å². The average molecular weight is 297 g/mol. The Labute approximate surface area is 130 Å². The van der Waals surface area contributed by atoms with Crippen LogP contribution < -0.4 is 9.80 Å². The minimum absolute atomic E-state index is 0.149. The van der Waals surface area contributed by atoms with E-state index in [1.807, 2.05) is 29.3 Å². The van der Waals surface area contributed by atoms with Crippen LogP contribution in [0.2, 0.25) is 0 Å². The SMILES string of the molecule is CN(C)CC1CC2=C3CC=CC=C3Oc3ncccc3N2O1. The van der Waals surface area contributed by atoms with Crippen molar-refractivity contribution < 1.29 is 9.57 Å². The molecule has 0 N–H and O–H groups in total. The summed E-state index contributed by atoms with van der Waals surface area (Å²) in [6.07, 6.45) is 9.83. The first kappa shape index (κ1) is 13.5. The van der Waals surface area contributed by atoms with Crippen molar-refractivity contribution in [3.05, 3.63) is 53.6 Å². The molecule has 1 aromatic rings. The quantitative estimate of drug-likeness (QED) is 0.839. The maximum absolute atomic E-state index is 6.19. The predicted molar refractivity (Wildman–Crippen MR) is 84.3 cm³/mol. The molecule has 0 amide bonds. The standard InChI is InChI=1S/C17H19N3O2/c1-19(2)11-12-10-15-13-6-3-4-8-16(13)21-17-14(20(15)22-12)7-5-9-18-17/h3-5,7-9,12H,6,10-11H2,1-2H3. The molecule has 0 aromatic carbocycles. The number of pyridine rings is 1. The summed E-state index contributed by atoms with van der Waals surface area (Å²) in [5.41, 5.74) is 3.26. The van der Waals surface area contributed by atoms with Crippen molar-refractivity contribution in [1.82, 2.24) is 9.88 Å². The maximum atomic E-state index is 6.19. The van der Waals surface area contributed by atoms with E-state index < -0.39 is 0 Å². The van der Waals surface area contributed by atoms with Crippen molar-refractivity contribution in [3.8, 4) is 5.88 Å². The van der Waals surface area contributed by atoms with Crippen LogP contribution in [-0.4, -0.2) is 36.6 Å². The first-order valence-electron chi connectivity index (χ1n) is 7.56. The Hall–Kier alpha value is -2.11. The lowest BCUT2D eigenvalue weighted by Gasteiger charge is -2.20. The molecule has 114 valence electrons. The van der Waals surface area contributed by atoms with Gasteiger partial charge >= 0.3 is 0 Å². The lowest BCUT2D eigenvalue weighted by atomic mass is 10.0. The topological polar surface area (TPSA) is 37.8 Å². The van der Waals surface area contributed by atoms with Crippen LogP contribution in [0.1, 0.15) is 12.8 Å². The number of ether oxygens (including phenoxy) is 1. The first-order chi connectivity index (χ1) is 10.7. The molecule has 1 atom stereocenters. The smallest absolute Gasteiger partial charge is 0.245 e. The van der Waals surface area contributed by atoms with E-state index in [0.717, 1.165) is 30.8 Å². The van der Waals surface area contributed by atoms with Gasteiger partial charge < -0.3 is 9.64 Å². The van der Waals surface area contributed by atoms with Crippen LogP contribution >= 0.6 is 0 Å². The van der Waals surface area contributed by atoms with Gasteiger partial charge in [0.05, 0.1) is 5.70 Å². The highest BCUT2D eigenvalue weighted by Crippen LogP contribution is 2.43. The van der Waals surface area contributed by atoms with E-state index in [4.69, 9.17) is 9.57 Å². The molecule has 1 fully saturated rings. The highest BCUT2D eigenvalue weighted by Gasteiger charge is 2.37. The molecule has 0 saturated carbocycles. The second-order valence-corrected chi connectivity index (χ2v) is 6.01. The van der Waals surface area contributed by atoms with Crippen molar-refractivity contribution >= 4 is 5.69 Å². The normalized spacial score (nSPS) is 22.8. The zero-order chi connectivity index (χ0) is 15.1. The van der Waals surface area contributed by atoms with Crippen LogP contribution in [0.15, 0.2) is 53.6 Å². The Kier molecular flexibility index (Phi) is 3.24. The van der Waals surface area contributed by atoms with E-state index in [0.29, 0.717) is 5.88 Å². The summed E-state index contributed by atoms with van der Waals surface area (Å²) in [7, 11) is 4.13. The van der Waals surface area contributed by atoms with Gasteiger partial charge in [0.2, 0.25) is 5.88 Å². The molecule has 1 aromatic heterocycles. The van der Waals surface area contributed by atoms with Crippen molar-refractivity contribution in [2.45, 2.75) is 18.9 Å². The molecular formula is C17H19N3O2. The van der Waals surface area contributed by atoms with Crippen LogP contribution in [0.5, 0.6) is 5.88 Å². The third-order valence-corrected chi connectivity index (χ3v) is 4.02. The zero-order valence-electron chi connectivity index (χ0n) is 12.8. The number of aromatic nitrogens is 1. The molecule has 3 heterocycles. The predicted octanol–water partition coefficient (Wildman–Crippen LogP) is 2.64. The molecule has 1 unspecified atom stereocenters. The third kappa shape index (κ3) is 2.23. The van der Waals surface area contributed by atoms with Gasteiger partial charge in [0, 0.05) is 24.7 Å². The molecule has 0 radical (unpaired) electrons. The summed E-state index contributed by atoms with van der Waals surface area (Å²) in [5, 5.41) is 1.92. The van der Waals surface area contributed by atoms with Crippen molar-refractivity contribution in [2.24, 2.45) is 0 Å². The van der Waals surface area contributed by atoms with Crippen LogP contribution in [0, 0.1) is 0 Å². The number of allylic oxidation sites excluding steroid dienone is 4. The Morgan fingerprint density at radius 3 is 3.18 bits per heavy atom. The van der Waals surface area contributed by atoms with Gasteiger partial charge in [0.1, 0.15) is 17.6 Å². The van der Waals surface area contributed by atoms with Crippen LogP contribution in [-0.2, 0) is 4.84 Å². The summed E-state index contributed by atoms with van der Waals surface area (Å²) in [5.74, 6) is 1.48. The second kappa shape index (κ2) is 5.26. The number of hydroxylamine groups is 1. The molecular weight excluding hydrogens is 278 g/mol. The first-order valence-corrected chi connectivity index (χ1v) is 7.56. The van der Waals surface area contributed by atoms with Gasteiger partial charge in [-0.05, 0) is 38.7 Å². The van der Waals surface area contributed by atoms with Crippen molar-refractivity contribution in [1.29, 1.82) is 0 Å². The number of hydrogen-bond donors (Lipinski definition) is 0. The molecule has 0 bridgehead atoms. The molecule has 3 aliphatic rings. The summed E-state index contributed by atoms with van der Waals surface area (Å²) in [6.45, 7) is 0.888. The Bertz CT molecular complexity index is 691. The number of likely N-dealkylation sites (N-methyl/N-ethyl adjacent to an activating group) is 1. The molecule has 1 saturated heterocycles. The van der Waals surface area contributed by atoms with E-state index in [-0.39, 0.29) is 6.10 Å². The largest absolute Gasteiger partial charge is 0.437 e. The van der Waals surface area contributed by atoms with Gasteiger partial charge in [-0.25, -0.2) is 10.0 Å². The van der Waals surface area contributed by atoms with E-state index in [2.05, 4.69) is 30.1 Å². The third-order valence-electron chi connectivity index (χ3n) is 4.02. The Morgan fingerprint density at radius 1 is 1.41 bits per heavy atom. The lowest BCUT2D eigenvalue weighted by molar-refractivity contribution is 0.0695. The molecule has 4 rings (SSSR count). The Balaban J connectivity index is 1.80. The van der Waals surface area contributed by atoms with Crippen LogP contribution in [0.25, 0.3) is 0 Å². The van der Waals surface area contributed by atoms with Crippen LogP contribution in [0.3, 0.4) is 0 Å². The van der Waals surface area contributed by atoms with E-state index >= 15 is 0 Å². The van der Waals surface area contributed by atoms with Gasteiger partial charge in [-0.1, -0.05) is 12.2 Å². The molecule has 5 nitrogen and oxygen atoms in total. The highest BCUT2D eigenvalue weighted by molar-refractivity contribution is 5.63. The monoisotopic (exact) mass is 297 g/mol. The molecule has 0 spiro atoms.